The molecule has 0 spiro atoms. The molecular formula is C18H21N3O3. The van der Waals surface area contributed by atoms with Crippen molar-refractivity contribution in [2.45, 2.75) is 6.92 Å². The minimum absolute atomic E-state index is 0.0362. The van der Waals surface area contributed by atoms with Crippen molar-refractivity contribution in [1.82, 2.24) is 5.32 Å². The molecule has 0 heterocycles. The SMILES string of the molecule is CCOc1ccccc1NC(=O)CNc1ccccc1C(=O)NC. The Bertz CT molecular complexity index is 716. The average Bonchev–Trinajstić information content (AvgIpc) is 2.61. The highest BCUT2D eigenvalue weighted by Crippen LogP contribution is 2.23. The molecule has 3 N–H and O–H groups in total. The fraction of sp³-hybridized carbons (Fsp3) is 0.222. The molecule has 0 aromatic heterocycles. The standard InChI is InChI=1S/C18H21N3O3/c1-3-24-16-11-7-6-10-15(16)21-17(22)12-20-14-9-5-4-8-13(14)18(23)19-2/h4-11,20H,3,12H2,1-2H3,(H,19,23)(H,21,22). The van der Waals surface area contributed by atoms with Gasteiger partial charge in [-0.3, -0.25) is 9.59 Å². The van der Waals surface area contributed by atoms with Crippen LogP contribution in [-0.2, 0) is 4.79 Å². The molecule has 6 nitrogen and oxygen atoms in total. The lowest BCUT2D eigenvalue weighted by atomic mass is 10.1. The van der Waals surface area contributed by atoms with Crippen LogP contribution >= 0.6 is 0 Å². The van der Waals surface area contributed by atoms with E-state index in [4.69, 9.17) is 4.74 Å². The zero-order chi connectivity index (χ0) is 17.4. The van der Waals surface area contributed by atoms with Crippen LogP contribution in [0.3, 0.4) is 0 Å². The van der Waals surface area contributed by atoms with Crippen LogP contribution in [0.1, 0.15) is 17.3 Å². The van der Waals surface area contributed by atoms with E-state index in [1.165, 1.54) is 0 Å². The zero-order valence-electron chi connectivity index (χ0n) is 13.8. The van der Waals surface area contributed by atoms with Crippen molar-refractivity contribution >= 4 is 23.2 Å². The molecule has 6 heteroatoms. The lowest BCUT2D eigenvalue weighted by Gasteiger charge is -2.13. The molecule has 0 saturated carbocycles. The molecule has 0 saturated heterocycles. The summed E-state index contributed by atoms with van der Waals surface area (Å²) < 4.78 is 5.48. The summed E-state index contributed by atoms with van der Waals surface area (Å²) >= 11 is 0. The summed E-state index contributed by atoms with van der Waals surface area (Å²) in [5.41, 5.74) is 1.71. The molecule has 2 aromatic carbocycles. The summed E-state index contributed by atoms with van der Waals surface area (Å²) in [6.45, 7) is 2.44. The third-order valence-electron chi connectivity index (χ3n) is 3.30. The number of hydrogen-bond acceptors (Lipinski definition) is 4. The molecular weight excluding hydrogens is 306 g/mol. The van der Waals surface area contributed by atoms with E-state index in [0.717, 1.165) is 0 Å². The van der Waals surface area contributed by atoms with E-state index in [1.807, 2.05) is 19.1 Å². The van der Waals surface area contributed by atoms with Gasteiger partial charge in [0.05, 0.1) is 24.4 Å². The van der Waals surface area contributed by atoms with Gasteiger partial charge < -0.3 is 20.7 Å². The van der Waals surface area contributed by atoms with Crippen LogP contribution in [-0.4, -0.2) is 32.0 Å². The van der Waals surface area contributed by atoms with Gasteiger partial charge in [0.1, 0.15) is 5.75 Å². The summed E-state index contributed by atoms with van der Waals surface area (Å²) in [7, 11) is 1.57. The van der Waals surface area contributed by atoms with Gasteiger partial charge in [0.2, 0.25) is 5.91 Å². The van der Waals surface area contributed by atoms with Crippen molar-refractivity contribution < 1.29 is 14.3 Å². The van der Waals surface area contributed by atoms with Crippen molar-refractivity contribution in [1.29, 1.82) is 0 Å². The number of carbonyl (C=O) groups excluding carboxylic acids is 2. The van der Waals surface area contributed by atoms with Gasteiger partial charge in [-0.1, -0.05) is 24.3 Å². The Kier molecular flexibility index (Phi) is 6.19. The summed E-state index contributed by atoms with van der Waals surface area (Å²) in [6.07, 6.45) is 0. The molecule has 0 bridgehead atoms. The number of benzene rings is 2. The van der Waals surface area contributed by atoms with Gasteiger partial charge >= 0.3 is 0 Å². The number of carbonyl (C=O) groups is 2. The van der Waals surface area contributed by atoms with Crippen molar-refractivity contribution in [3.8, 4) is 5.75 Å². The topological polar surface area (TPSA) is 79.5 Å². The van der Waals surface area contributed by atoms with Gasteiger partial charge in [-0.15, -0.1) is 0 Å². The maximum absolute atomic E-state index is 12.2. The van der Waals surface area contributed by atoms with E-state index in [2.05, 4.69) is 16.0 Å². The molecule has 2 amide bonds. The molecule has 2 aromatic rings. The number of para-hydroxylation sites is 3. The number of hydrogen-bond donors (Lipinski definition) is 3. The average molecular weight is 327 g/mol. The third-order valence-corrected chi connectivity index (χ3v) is 3.30. The second-order valence-corrected chi connectivity index (χ2v) is 4.96. The molecule has 0 atom stereocenters. The number of nitrogens with one attached hydrogen (secondary N) is 3. The second-order valence-electron chi connectivity index (χ2n) is 4.96. The van der Waals surface area contributed by atoms with Crippen LogP contribution in [0, 0.1) is 0 Å². The van der Waals surface area contributed by atoms with E-state index in [0.29, 0.717) is 29.3 Å². The van der Waals surface area contributed by atoms with Crippen LogP contribution < -0.4 is 20.7 Å². The van der Waals surface area contributed by atoms with Crippen LogP contribution in [0.25, 0.3) is 0 Å². The van der Waals surface area contributed by atoms with Gasteiger partial charge in [-0.2, -0.15) is 0 Å². The summed E-state index contributed by atoms with van der Waals surface area (Å²) in [6, 6.07) is 14.3. The number of ether oxygens (including phenoxy) is 1. The highest BCUT2D eigenvalue weighted by Gasteiger charge is 2.11. The summed E-state index contributed by atoms with van der Waals surface area (Å²) in [4.78, 5) is 24.0. The molecule has 0 aliphatic carbocycles. The lowest BCUT2D eigenvalue weighted by molar-refractivity contribution is -0.114. The van der Waals surface area contributed by atoms with Gasteiger partial charge in [0.15, 0.2) is 0 Å². The van der Waals surface area contributed by atoms with Crippen LogP contribution in [0.5, 0.6) is 5.75 Å². The maximum Gasteiger partial charge on any atom is 0.253 e. The molecule has 126 valence electrons. The summed E-state index contributed by atoms with van der Waals surface area (Å²) in [5, 5.41) is 8.36. The Morgan fingerprint density at radius 3 is 2.38 bits per heavy atom. The monoisotopic (exact) mass is 327 g/mol. The van der Waals surface area contributed by atoms with E-state index in [1.54, 1.807) is 43.4 Å². The van der Waals surface area contributed by atoms with Gasteiger partial charge in [0, 0.05) is 12.7 Å². The first-order chi connectivity index (χ1) is 11.7. The fourth-order valence-electron chi connectivity index (χ4n) is 2.19. The maximum atomic E-state index is 12.2. The van der Waals surface area contributed by atoms with E-state index < -0.39 is 0 Å². The van der Waals surface area contributed by atoms with Crippen molar-refractivity contribution in [3.05, 3.63) is 54.1 Å². The van der Waals surface area contributed by atoms with Crippen LogP contribution in [0.4, 0.5) is 11.4 Å². The Balaban J connectivity index is 2.01. The highest BCUT2D eigenvalue weighted by molar-refractivity contribution is 6.01. The Morgan fingerprint density at radius 1 is 1.00 bits per heavy atom. The van der Waals surface area contributed by atoms with Crippen molar-refractivity contribution in [2.75, 3.05) is 30.8 Å². The minimum Gasteiger partial charge on any atom is -0.492 e. The first-order valence-corrected chi connectivity index (χ1v) is 7.72. The van der Waals surface area contributed by atoms with E-state index in [9.17, 15) is 9.59 Å². The molecule has 2 rings (SSSR count). The van der Waals surface area contributed by atoms with Crippen molar-refractivity contribution in [3.63, 3.8) is 0 Å². The molecule has 0 aliphatic rings. The van der Waals surface area contributed by atoms with Gasteiger partial charge in [-0.05, 0) is 31.2 Å². The molecule has 0 unspecified atom stereocenters. The minimum atomic E-state index is -0.228. The predicted molar refractivity (Wildman–Crippen MR) is 94.6 cm³/mol. The molecule has 0 radical (unpaired) electrons. The van der Waals surface area contributed by atoms with Gasteiger partial charge in [-0.25, -0.2) is 0 Å². The number of rotatable bonds is 7. The lowest BCUT2D eigenvalue weighted by Crippen LogP contribution is -2.24. The number of anilines is 2. The second kappa shape index (κ2) is 8.57. The van der Waals surface area contributed by atoms with Crippen molar-refractivity contribution in [2.24, 2.45) is 0 Å². The number of amides is 2. The molecule has 0 aliphatic heterocycles. The quantitative estimate of drug-likeness (QED) is 0.730. The fourth-order valence-corrected chi connectivity index (χ4v) is 2.19. The predicted octanol–water partition coefficient (Wildman–Crippen LogP) is 2.50. The molecule has 0 fully saturated rings. The Hall–Kier alpha value is -3.02. The first kappa shape index (κ1) is 17.3. The summed E-state index contributed by atoms with van der Waals surface area (Å²) in [5.74, 6) is 0.188. The van der Waals surface area contributed by atoms with Crippen LogP contribution in [0.15, 0.2) is 48.5 Å². The van der Waals surface area contributed by atoms with E-state index in [-0.39, 0.29) is 18.4 Å². The Labute approximate surface area is 141 Å². The third kappa shape index (κ3) is 4.49. The molecule has 24 heavy (non-hydrogen) atoms. The smallest absolute Gasteiger partial charge is 0.253 e. The first-order valence-electron chi connectivity index (χ1n) is 7.72. The van der Waals surface area contributed by atoms with E-state index >= 15 is 0 Å². The van der Waals surface area contributed by atoms with Crippen LogP contribution in [0.2, 0.25) is 0 Å². The largest absolute Gasteiger partial charge is 0.492 e. The highest BCUT2D eigenvalue weighted by atomic mass is 16.5. The Morgan fingerprint density at radius 2 is 1.67 bits per heavy atom. The van der Waals surface area contributed by atoms with Gasteiger partial charge in [0.25, 0.3) is 5.91 Å². The zero-order valence-corrected chi connectivity index (χ0v) is 13.8. The normalized spacial score (nSPS) is 9.92.